The molecule has 0 bridgehead atoms. The normalized spacial score (nSPS) is 11.0. The first-order chi connectivity index (χ1) is 13.8. The van der Waals surface area contributed by atoms with E-state index in [-0.39, 0.29) is 23.8 Å². The first-order valence-electron chi connectivity index (χ1n) is 8.60. The van der Waals surface area contributed by atoms with Crippen molar-refractivity contribution in [2.24, 2.45) is 0 Å². The molecule has 0 aliphatic rings. The van der Waals surface area contributed by atoms with E-state index in [1.165, 1.54) is 50.7 Å². The van der Waals surface area contributed by atoms with Crippen molar-refractivity contribution in [1.29, 1.82) is 0 Å². The van der Waals surface area contributed by atoms with Crippen LogP contribution in [0, 0.1) is 0 Å². The van der Waals surface area contributed by atoms with Gasteiger partial charge in [-0.3, -0.25) is 9.78 Å². The third kappa shape index (κ3) is 4.93. The van der Waals surface area contributed by atoms with Gasteiger partial charge in [-0.15, -0.1) is 12.4 Å². The van der Waals surface area contributed by atoms with Crippen LogP contribution in [0.4, 0.5) is 5.69 Å². The molecule has 0 fully saturated rings. The van der Waals surface area contributed by atoms with Crippen LogP contribution in [0.15, 0.2) is 65.8 Å². The summed E-state index contributed by atoms with van der Waals surface area (Å²) in [5.41, 5.74) is 0.778. The second kappa shape index (κ2) is 9.66. The summed E-state index contributed by atoms with van der Waals surface area (Å²) in [6.07, 6.45) is 3.10. The number of carbonyl (C=O) groups excluding carboxylic acids is 2. The third-order valence-electron chi connectivity index (χ3n) is 4.28. The number of ether oxygens (including phenoxy) is 1. The Morgan fingerprint density at radius 1 is 1.10 bits per heavy atom. The van der Waals surface area contributed by atoms with Gasteiger partial charge in [-0.1, -0.05) is 12.1 Å². The summed E-state index contributed by atoms with van der Waals surface area (Å²) in [5, 5.41) is 3.84. The number of anilines is 1. The van der Waals surface area contributed by atoms with Crippen molar-refractivity contribution in [2.45, 2.75) is 4.90 Å². The molecule has 0 saturated heterocycles. The summed E-state index contributed by atoms with van der Waals surface area (Å²) < 4.78 is 31.5. The zero-order valence-corrected chi connectivity index (χ0v) is 17.9. The maximum absolute atomic E-state index is 13.0. The quantitative estimate of drug-likeness (QED) is 0.580. The van der Waals surface area contributed by atoms with Crippen LogP contribution in [0.25, 0.3) is 10.8 Å². The predicted octanol–water partition coefficient (Wildman–Crippen LogP) is 2.70. The molecule has 30 heavy (non-hydrogen) atoms. The molecule has 158 valence electrons. The van der Waals surface area contributed by atoms with Crippen LogP contribution in [0.1, 0.15) is 10.4 Å². The Bertz CT molecular complexity index is 1160. The van der Waals surface area contributed by atoms with E-state index in [4.69, 9.17) is 0 Å². The van der Waals surface area contributed by atoms with E-state index in [1.54, 1.807) is 24.4 Å². The van der Waals surface area contributed by atoms with Gasteiger partial charge >= 0.3 is 5.97 Å². The van der Waals surface area contributed by atoms with Gasteiger partial charge in [-0.2, -0.15) is 4.31 Å². The lowest BCUT2D eigenvalue weighted by molar-refractivity contribution is -0.116. The second-order valence-electron chi connectivity index (χ2n) is 6.23. The lowest BCUT2D eigenvalue weighted by Gasteiger charge is -2.18. The van der Waals surface area contributed by atoms with E-state index in [9.17, 15) is 18.0 Å². The van der Waals surface area contributed by atoms with E-state index < -0.39 is 21.9 Å². The van der Waals surface area contributed by atoms with E-state index in [1.807, 2.05) is 0 Å². The van der Waals surface area contributed by atoms with Crippen LogP contribution in [0.3, 0.4) is 0 Å². The van der Waals surface area contributed by atoms with Crippen LogP contribution < -0.4 is 5.32 Å². The fourth-order valence-electron chi connectivity index (χ4n) is 2.78. The van der Waals surface area contributed by atoms with E-state index in [0.29, 0.717) is 22.0 Å². The van der Waals surface area contributed by atoms with Crippen LogP contribution in [-0.4, -0.2) is 50.3 Å². The number of nitrogens with one attached hydrogen (secondary N) is 1. The molecule has 1 heterocycles. The Morgan fingerprint density at radius 2 is 1.80 bits per heavy atom. The minimum atomic E-state index is -3.89. The topological polar surface area (TPSA) is 106 Å². The molecule has 3 aromatic rings. The highest BCUT2D eigenvalue weighted by Gasteiger charge is 2.25. The monoisotopic (exact) mass is 449 g/mol. The van der Waals surface area contributed by atoms with Crippen LogP contribution in [0.5, 0.6) is 0 Å². The Morgan fingerprint density at radius 3 is 2.47 bits per heavy atom. The number of likely N-dealkylation sites (N-methyl/N-ethyl adjacent to an activating group) is 1. The van der Waals surface area contributed by atoms with Gasteiger partial charge in [0.1, 0.15) is 0 Å². The van der Waals surface area contributed by atoms with Crippen molar-refractivity contribution in [1.82, 2.24) is 9.29 Å². The first kappa shape index (κ1) is 23.3. The van der Waals surface area contributed by atoms with E-state index >= 15 is 0 Å². The van der Waals surface area contributed by atoms with Crippen LogP contribution >= 0.6 is 12.4 Å². The number of carbonyl (C=O) groups is 2. The number of halogens is 1. The average molecular weight is 450 g/mol. The minimum Gasteiger partial charge on any atom is -0.465 e. The minimum absolute atomic E-state index is 0. The number of nitrogens with zero attached hydrogens (tertiary/aromatic N) is 2. The number of rotatable bonds is 6. The maximum Gasteiger partial charge on any atom is 0.337 e. The number of hydrogen-bond acceptors (Lipinski definition) is 6. The molecule has 0 saturated carbocycles. The molecule has 1 N–H and O–H groups in total. The Balaban J connectivity index is 0.00000320. The summed E-state index contributed by atoms with van der Waals surface area (Å²) in [5.74, 6) is -0.997. The summed E-state index contributed by atoms with van der Waals surface area (Å²) in [6, 6.07) is 12.6. The number of esters is 1. The zero-order chi connectivity index (χ0) is 21.0. The van der Waals surface area contributed by atoms with Crippen molar-refractivity contribution >= 4 is 50.8 Å². The van der Waals surface area contributed by atoms with Gasteiger partial charge in [0.2, 0.25) is 15.9 Å². The highest BCUT2D eigenvalue weighted by Crippen LogP contribution is 2.24. The molecule has 0 spiro atoms. The van der Waals surface area contributed by atoms with Crippen molar-refractivity contribution < 1.29 is 22.7 Å². The summed E-state index contributed by atoms with van der Waals surface area (Å²) >= 11 is 0. The van der Waals surface area contributed by atoms with Crippen LogP contribution in [-0.2, 0) is 19.6 Å². The lowest BCUT2D eigenvalue weighted by atomic mass is 10.2. The fourth-order valence-corrected chi connectivity index (χ4v) is 4.12. The van der Waals surface area contributed by atoms with E-state index in [0.717, 1.165) is 4.31 Å². The summed E-state index contributed by atoms with van der Waals surface area (Å²) in [7, 11) is -1.27. The SMILES string of the molecule is COC(=O)c1ccc(NC(=O)CN(C)S(=O)(=O)c2cccc3cnccc23)cc1.Cl. The van der Waals surface area contributed by atoms with Crippen molar-refractivity contribution in [2.75, 3.05) is 26.0 Å². The number of fused-ring (bicyclic) bond motifs is 1. The largest absolute Gasteiger partial charge is 0.465 e. The van der Waals surface area contributed by atoms with Gasteiger partial charge in [-0.25, -0.2) is 13.2 Å². The number of amides is 1. The maximum atomic E-state index is 13.0. The van der Waals surface area contributed by atoms with Gasteiger partial charge in [0.25, 0.3) is 0 Å². The Labute approximate surface area is 180 Å². The zero-order valence-electron chi connectivity index (χ0n) is 16.2. The third-order valence-corrected chi connectivity index (χ3v) is 6.15. The average Bonchev–Trinajstić information content (AvgIpc) is 2.73. The molecule has 8 nitrogen and oxygen atoms in total. The van der Waals surface area contributed by atoms with Crippen molar-refractivity contribution in [3.8, 4) is 0 Å². The van der Waals surface area contributed by atoms with Crippen LogP contribution in [0.2, 0.25) is 0 Å². The standard InChI is InChI=1S/C20H19N3O5S.ClH/c1-23(13-19(24)22-16-8-6-14(7-9-16)20(25)28-2)29(26,27)18-5-3-4-15-12-21-11-10-17(15)18;/h3-12H,13H2,1-2H3,(H,22,24);1H. The first-order valence-corrected chi connectivity index (χ1v) is 10.0. The molecule has 10 heteroatoms. The molecule has 0 unspecified atom stereocenters. The smallest absolute Gasteiger partial charge is 0.337 e. The van der Waals surface area contributed by atoms with Gasteiger partial charge in [-0.05, 0) is 36.4 Å². The van der Waals surface area contributed by atoms with Gasteiger partial charge < -0.3 is 10.1 Å². The number of hydrogen-bond donors (Lipinski definition) is 1. The molecule has 1 aromatic heterocycles. The highest BCUT2D eigenvalue weighted by molar-refractivity contribution is 7.89. The molecular weight excluding hydrogens is 430 g/mol. The number of methoxy groups -OCH3 is 1. The molecule has 0 atom stereocenters. The Hall–Kier alpha value is -3.01. The molecule has 0 aliphatic heterocycles. The Kier molecular flexibility index (Phi) is 7.49. The predicted molar refractivity (Wildman–Crippen MR) is 115 cm³/mol. The lowest BCUT2D eigenvalue weighted by Crippen LogP contribution is -2.35. The molecule has 3 rings (SSSR count). The second-order valence-corrected chi connectivity index (χ2v) is 8.24. The molecule has 1 amide bonds. The molecule has 0 aliphatic carbocycles. The van der Waals surface area contributed by atoms with Gasteiger partial charge in [0.15, 0.2) is 0 Å². The summed E-state index contributed by atoms with van der Waals surface area (Å²) in [6.45, 7) is -0.372. The van der Waals surface area contributed by atoms with Gasteiger partial charge in [0, 0.05) is 35.9 Å². The van der Waals surface area contributed by atoms with Gasteiger partial charge in [0.05, 0.1) is 24.1 Å². The van der Waals surface area contributed by atoms with Crippen molar-refractivity contribution in [3.05, 3.63) is 66.5 Å². The fraction of sp³-hybridized carbons (Fsp3) is 0.150. The van der Waals surface area contributed by atoms with Crippen molar-refractivity contribution in [3.63, 3.8) is 0 Å². The summed E-state index contributed by atoms with van der Waals surface area (Å²) in [4.78, 5) is 27.9. The number of benzene rings is 2. The number of sulfonamides is 1. The highest BCUT2D eigenvalue weighted by atomic mass is 35.5. The number of aromatic nitrogens is 1. The molecule has 0 radical (unpaired) electrons. The number of pyridine rings is 1. The molecular formula is C20H20ClN3O5S. The van der Waals surface area contributed by atoms with E-state index in [2.05, 4.69) is 15.0 Å². The molecule has 2 aromatic carbocycles.